The van der Waals surface area contributed by atoms with E-state index in [9.17, 15) is 4.79 Å². The summed E-state index contributed by atoms with van der Waals surface area (Å²) < 4.78 is 18.8. The first-order chi connectivity index (χ1) is 15.1. The number of carbonyl (C=O) groups excluding carboxylic acids is 1. The number of rotatable bonds is 10. The van der Waals surface area contributed by atoms with E-state index < -0.39 is 0 Å². The Bertz CT molecular complexity index is 960. The molecule has 0 radical (unpaired) electrons. The zero-order valence-electron chi connectivity index (χ0n) is 18.3. The molecule has 0 saturated carbocycles. The van der Waals surface area contributed by atoms with Crippen LogP contribution in [0.25, 0.3) is 5.69 Å². The Labute approximate surface area is 182 Å². The Hall–Kier alpha value is -3.55. The maximum atomic E-state index is 13.0. The molecule has 1 heterocycles. The number of hydrogen-bond donors (Lipinski definition) is 1. The fraction of sp³-hybridized carbons (Fsp3) is 0.348. The molecule has 2 aromatic carbocycles. The molecular formula is C23H28N4O4. The number of ether oxygens (including phenoxy) is 3. The molecule has 0 aliphatic heterocycles. The summed E-state index contributed by atoms with van der Waals surface area (Å²) >= 11 is 0. The molecule has 1 atom stereocenters. The van der Waals surface area contributed by atoms with Crippen LogP contribution in [0.15, 0.2) is 49.1 Å². The minimum absolute atomic E-state index is 0.199. The van der Waals surface area contributed by atoms with Crippen LogP contribution in [0.4, 0.5) is 0 Å². The third-order valence-corrected chi connectivity index (χ3v) is 4.60. The number of carbonyl (C=O) groups is 1. The third kappa shape index (κ3) is 5.33. The lowest BCUT2D eigenvalue weighted by atomic mass is 10.1. The zero-order valence-corrected chi connectivity index (χ0v) is 18.3. The molecule has 0 fully saturated rings. The van der Waals surface area contributed by atoms with E-state index >= 15 is 0 Å². The van der Waals surface area contributed by atoms with Crippen LogP contribution in [0.1, 0.15) is 49.7 Å². The maximum absolute atomic E-state index is 13.0. The van der Waals surface area contributed by atoms with Gasteiger partial charge in [-0.2, -0.15) is 5.10 Å². The normalized spacial score (nSPS) is 11.6. The van der Waals surface area contributed by atoms with Crippen molar-refractivity contribution in [2.24, 2.45) is 0 Å². The van der Waals surface area contributed by atoms with Gasteiger partial charge in [0.25, 0.3) is 5.91 Å². The Morgan fingerprint density at radius 1 is 1.00 bits per heavy atom. The van der Waals surface area contributed by atoms with Gasteiger partial charge >= 0.3 is 0 Å². The lowest BCUT2D eigenvalue weighted by molar-refractivity contribution is 0.0938. The van der Waals surface area contributed by atoms with E-state index in [4.69, 9.17) is 14.2 Å². The van der Waals surface area contributed by atoms with Gasteiger partial charge in [-0.05, 0) is 57.5 Å². The van der Waals surface area contributed by atoms with Crippen molar-refractivity contribution in [1.82, 2.24) is 20.1 Å². The van der Waals surface area contributed by atoms with Gasteiger partial charge in [-0.1, -0.05) is 12.1 Å². The number of nitrogens with zero attached hydrogens (tertiary/aromatic N) is 3. The summed E-state index contributed by atoms with van der Waals surface area (Å²) in [7, 11) is 0. The molecule has 31 heavy (non-hydrogen) atoms. The van der Waals surface area contributed by atoms with E-state index in [0.29, 0.717) is 42.6 Å². The Morgan fingerprint density at radius 2 is 1.61 bits per heavy atom. The molecule has 0 unspecified atom stereocenters. The molecule has 0 saturated heterocycles. The van der Waals surface area contributed by atoms with E-state index in [2.05, 4.69) is 15.4 Å². The Kier molecular flexibility index (Phi) is 7.48. The van der Waals surface area contributed by atoms with Gasteiger partial charge in [-0.3, -0.25) is 4.79 Å². The predicted octanol–water partition coefficient (Wildman–Crippen LogP) is 3.95. The van der Waals surface area contributed by atoms with Crippen LogP contribution in [0.5, 0.6) is 17.2 Å². The Balaban J connectivity index is 1.79. The van der Waals surface area contributed by atoms with Crippen molar-refractivity contribution in [3.8, 4) is 22.9 Å². The standard InChI is InChI=1S/C23H28N4O4/c1-5-29-20-12-18(13-21(30-6-2)22(20)31-7-3)23(28)26-16(4)17-8-10-19(11-9-17)27-15-24-14-25-27/h8-16H,5-7H2,1-4H3,(H,26,28)/t16-/m1/s1. The fourth-order valence-corrected chi connectivity index (χ4v) is 3.14. The van der Waals surface area contributed by atoms with E-state index in [1.807, 2.05) is 52.0 Å². The van der Waals surface area contributed by atoms with Crippen molar-refractivity contribution in [3.63, 3.8) is 0 Å². The first-order valence-corrected chi connectivity index (χ1v) is 10.4. The molecule has 8 heteroatoms. The quantitative estimate of drug-likeness (QED) is 0.530. The summed E-state index contributed by atoms with van der Waals surface area (Å²) in [5, 5.41) is 7.15. The first-order valence-electron chi connectivity index (χ1n) is 10.4. The van der Waals surface area contributed by atoms with Crippen molar-refractivity contribution >= 4 is 5.91 Å². The van der Waals surface area contributed by atoms with Crippen molar-refractivity contribution in [1.29, 1.82) is 0 Å². The van der Waals surface area contributed by atoms with Crippen molar-refractivity contribution in [3.05, 3.63) is 60.2 Å². The first kappa shape index (κ1) is 22.1. The summed E-state index contributed by atoms with van der Waals surface area (Å²) in [5.74, 6) is 1.27. The van der Waals surface area contributed by atoms with Crippen LogP contribution in [0.3, 0.4) is 0 Å². The number of amides is 1. The molecule has 8 nitrogen and oxygen atoms in total. The highest BCUT2D eigenvalue weighted by molar-refractivity contribution is 5.95. The number of hydrogen-bond acceptors (Lipinski definition) is 6. The van der Waals surface area contributed by atoms with Gasteiger partial charge in [0.1, 0.15) is 12.7 Å². The van der Waals surface area contributed by atoms with Crippen LogP contribution in [-0.2, 0) is 0 Å². The monoisotopic (exact) mass is 424 g/mol. The minimum Gasteiger partial charge on any atom is -0.490 e. The van der Waals surface area contributed by atoms with E-state index in [1.54, 1.807) is 23.1 Å². The second-order valence-corrected chi connectivity index (χ2v) is 6.73. The zero-order chi connectivity index (χ0) is 22.2. The molecular weight excluding hydrogens is 396 g/mol. The highest BCUT2D eigenvalue weighted by Crippen LogP contribution is 2.39. The highest BCUT2D eigenvalue weighted by atomic mass is 16.5. The van der Waals surface area contributed by atoms with Crippen molar-refractivity contribution < 1.29 is 19.0 Å². The second kappa shape index (κ2) is 10.5. The van der Waals surface area contributed by atoms with Crippen LogP contribution in [-0.4, -0.2) is 40.5 Å². The molecule has 1 N–H and O–H groups in total. The summed E-state index contributed by atoms with van der Waals surface area (Å²) in [6.07, 6.45) is 3.12. The topological polar surface area (TPSA) is 87.5 Å². The third-order valence-electron chi connectivity index (χ3n) is 4.60. The van der Waals surface area contributed by atoms with Gasteiger partial charge in [-0.25, -0.2) is 9.67 Å². The van der Waals surface area contributed by atoms with Gasteiger partial charge in [0, 0.05) is 5.56 Å². The van der Waals surface area contributed by atoms with E-state index in [0.717, 1.165) is 11.3 Å². The summed E-state index contributed by atoms with van der Waals surface area (Å²) in [4.78, 5) is 16.9. The SMILES string of the molecule is CCOc1cc(C(=O)N[C@H](C)c2ccc(-n3cncn3)cc2)cc(OCC)c1OCC. The van der Waals surface area contributed by atoms with Crippen molar-refractivity contribution in [2.75, 3.05) is 19.8 Å². The lowest BCUT2D eigenvalue weighted by Gasteiger charge is -2.19. The van der Waals surface area contributed by atoms with Crippen LogP contribution < -0.4 is 19.5 Å². The average Bonchev–Trinajstić information content (AvgIpc) is 3.31. The number of nitrogens with one attached hydrogen (secondary N) is 1. The summed E-state index contributed by atoms with van der Waals surface area (Å²) in [6.45, 7) is 8.96. The molecule has 3 aromatic rings. The molecule has 164 valence electrons. The van der Waals surface area contributed by atoms with Gasteiger partial charge in [0.05, 0.1) is 31.5 Å². The summed E-state index contributed by atoms with van der Waals surface area (Å²) in [5.41, 5.74) is 2.31. The maximum Gasteiger partial charge on any atom is 0.252 e. The van der Waals surface area contributed by atoms with Crippen molar-refractivity contribution in [2.45, 2.75) is 33.7 Å². The number of aromatic nitrogens is 3. The summed E-state index contributed by atoms with van der Waals surface area (Å²) in [6, 6.07) is 11.0. The molecule has 0 aliphatic carbocycles. The van der Waals surface area contributed by atoms with Gasteiger partial charge < -0.3 is 19.5 Å². The Morgan fingerprint density at radius 3 is 2.13 bits per heavy atom. The minimum atomic E-state index is -0.224. The largest absolute Gasteiger partial charge is 0.490 e. The van der Waals surface area contributed by atoms with Crippen LogP contribution >= 0.6 is 0 Å². The van der Waals surface area contributed by atoms with Crippen LogP contribution in [0, 0.1) is 0 Å². The second-order valence-electron chi connectivity index (χ2n) is 6.73. The number of benzene rings is 2. The van der Waals surface area contributed by atoms with E-state index in [-0.39, 0.29) is 11.9 Å². The lowest BCUT2D eigenvalue weighted by Crippen LogP contribution is -2.26. The highest BCUT2D eigenvalue weighted by Gasteiger charge is 2.19. The van der Waals surface area contributed by atoms with Gasteiger partial charge in [0.15, 0.2) is 11.5 Å². The fourth-order valence-electron chi connectivity index (χ4n) is 3.14. The van der Waals surface area contributed by atoms with Crippen LogP contribution in [0.2, 0.25) is 0 Å². The van der Waals surface area contributed by atoms with Gasteiger partial charge in [0.2, 0.25) is 5.75 Å². The molecule has 0 aliphatic rings. The van der Waals surface area contributed by atoms with Gasteiger partial charge in [-0.15, -0.1) is 0 Å². The molecule has 0 bridgehead atoms. The molecule has 1 aromatic heterocycles. The molecule has 0 spiro atoms. The average molecular weight is 425 g/mol. The molecule has 3 rings (SSSR count). The van der Waals surface area contributed by atoms with E-state index in [1.165, 1.54) is 6.33 Å². The molecule has 1 amide bonds. The predicted molar refractivity (Wildman–Crippen MR) is 117 cm³/mol. The smallest absolute Gasteiger partial charge is 0.252 e.